The van der Waals surface area contributed by atoms with Gasteiger partial charge in [0.1, 0.15) is 0 Å². The number of rotatable bonds is 5. The Balaban J connectivity index is 2.56. The third-order valence-electron chi connectivity index (χ3n) is 3.07. The molecule has 4 heteroatoms. The predicted octanol–water partition coefficient (Wildman–Crippen LogP) is 1.18. The van der Waals surface area contributed by atoms with Gasteiger partial charge in [0, 0.05) is 20.2 Å². The molecular weight excluding hydrogens is 216 g/mol. The molecule has 0 unspecified atom stereocenters. The topological polar surface area (TPSA) is 41.6 Å². The summed E-state index contributed by atoms with van der Waals surface area (Å²) in [4.78, 5) is 14.2. The Hall–Kier alpha value is -0.870. The molecule has 1 N–H and O–H groups in total. The average Bonchev–Trinajstić information content (AvgIpc) is 2.29. The van der Waals surface area contributed by atoms with Crippen LogP contribution in [0.3, 0.4) is 0 Å². The highest BCUT2D eigenvalue weighted by molar-refractivity contribution is 5.85. The second-order valence-corrected chi connectivity index (χ2v) is 4.95. The zero-order chi connectivity index (χ0) is 12.9. The van der Waals surface area contributed by atoms with Crippen LogP contribution < -0.4 is 5.32 Å². The molecule has 1 amide bonds. The molecule has 17 heavy (non-hydrogen) atoms. The molecule has 1 aliphatic rings. The van der Waals surface area contributed by atoms with Gasteiger partial charge in [-0.25, -0.2) is 0 Å². The molecule has 0 saturated carbocycles. The van der Waals surface area contributed by atoms with Crippen LogP contribution in [0.15, 0.2) is 11.6 Å². The van der Waals surface area contributed by atoms with Crippen LogP contribution in [-0.2, 0) is 9.53 Å². The van der Waals surface area contributed by atoms with E-state index in [2.05, 4.69) is 11.4 Å². The van der Waals surface area contributed by atoms with Gasteiger partial charge in [-0.05, 0) is 32.4 Å². The van der Waals surface area contributed by atoms with Gasteiger partial charge in [0.05, 0.1) is 12.1 Å². The minimum absolute atomic E-state index is 0.173. The molecule has 0 atom stereocenters. The van der Waals surface area contributed by atoms with Crippen molar-refractivity contribution in [2.45, 2.75) is 32.7 Å². The van der Waals surface area contributed by atoms with Gasteiger partial charge in [0.25, 0.3) is 0 Å². The number of nitrogens with one attached hydrogen (secondary N) is 1. The van der Waals surface area contributed by atoms with Crippen LogP contribution in [-0.4, -0.2) is 49.7 Å². The lowest BCUT2D eigenvalue weighted by molar-refractivity contribution is -0.136. The van der Waals surface area contributed by atoms with E-state index in [9.17, 15) is 4.79 Å². The summed E-state index contributed by atoms with van der Waals surface area (Å²) in [5.41, 5.74) is 0.819. The van der Waals surface area contributed by atoms with Crippen molar-refractivity contribution in [3.8, 4) is 0 Å². The Labute approximate surface area is 104 Å². The van der Waals surface area contributed by atoms with Gasteiger partial charge in [-0.3, -0.25) is 4.79 Å². The van der Waals surface area contributed by atoms with E-state index in [1.54, 1.807) is 7.11 Å². The summed E-state index contributed by atoms with van der Waals surface area (Å²) in [6.07, 6.45) is 3.02. The monoisotopic (exact) mass is 240 g/mol. The van der Waals surface area contributed by atoms with Gasteiger partial charge < -0.3 is 15.0 Å². The number of ether oxygens (including phenoxy) is 1. The molecule has 0 aliphatic carbocycles. The van der Waals surface area contributed by atoms with E-state index in [0.717, 1.165) is 19.5 Å². The van der Waals surface area contributed by atoms with Crippen LogP contribution in [0.25, 0.3) is 0 Å². The van der Waals surface area contributed by atoms with E-state index in [0.29, 0.717) is 13.2 Å². The van der Waals surface area contributed by atoms with Gasteiger partial charge in [-0.1, -0.05) is 13.0 Å². The lowest BCUT2D eigenvalue weighted by Crippen LogP contribution is -2.54. The van der Waals surface area contributed by atoms with Crippen LogP contribution in [0, 0.1) is 0 Å². The van der Waals surface area contributed by atoms with Crippen molar-refractivity contribution in [1.82, 2.24) is 10.2 Å². The highest BCUT2D eigenvalue weighted by Gasteiger charge is 2.31. The quantitative estimate of drug-likeness (QED) is 0.734. The lowest BCUT2D eigenvalue weighted by Gasteiger charge is -2.34. The molecule has 0 bridgehead atoms. The molecule has 0 saturated heterocycles. The van der Waals surface area contributed by atoms with E-state index in [1.165, 1.54) is 5.57 Å². The van der Waals surface area contributed by atoms with Crippen molar-refractivity contribution in [3.05, 3.63) is 11.6 Å². The molecule has 4 nitrogen and oxygen atoms in total. The normalized spacial score (nSPS) is 16.9. The summed E-state index contributed by atoms with van der Waals surface area (Å²) in [5, 5.41) is 3.22. The number of carbonyl (C=O) groups is 1. The second-order valence-electron chi connectivity index (χ2n) is 4.95. The van der Waals surface area contributed by atoms with Crippen LogP contribution in [0.4, 0.5) is 0 Å². The van der Waals surface area contributed by atoms with E-state index >= 15 is 0 Å². The molecule has 0 aromatic carbocycles. The molecular formula is C13H24N2O2. The number of carbonyl (C=O) groups excluding carboxylic acids is 1. The van der Waals surface area contributed by atoms with E-state index in [4.69, 9.17) is 4.74 Å². The Morgan fingerprint density at radius 1 is 1.59 bits per heavy atom. The van der Waals surface area contributed by atoms with Crippen LogP contribution in [0.1, 0.15) is 27.2 Å². The van der Waals surface area contributed by atoms with Crippen LogP contribution in [0.5, 0.6) is 0 Å². The standard InChI is InChI=1S/C13H24N2O2/c1-5-14-13(2,3)12(16)15-8-6-11(7-9-15)10-17-4/h6,14H,5,7-10H2,1-4H3. The number of nitrogens with zero attached hydrogens (tertiary/aromatic N) is 1. The zero-order valence-electron chi connectivity index (χ0n) is 11.4. The maximum absolute atomic E-state index is 12.3. The van der Waals surface area contributed by atoms with E-state index < -0.39 is 5.54 Å². The number of hydrogen-bond acceptors (Lipinski definition) is 3. The van der Waals surface area contributed by atoms with Gasteiger partial charge in [-0.15, -0.1) is 0 Å². The minimum Gasteiger partial charge on any atom is -0.380 e. The van der Waals surface area contributed by atoms with Crippen molar-refractivity contribution in [2.24, 2.45) is 0 Å². The molecule has 98 valence electrons. The van der Waals surface area contributed by atoms with Gasteiger partial charge >= 0.3 is 0 Å². The maximum Gasteiger partial charge on any atom is 0.242 e. The predicted molar refractivity (Wildman–Crippen MR) is 68.9 cm³/mol. The summed E-state index contributed by atoms with van der Waals surface area (Å²) < 4.78 is 5.10. The van der Waals surface area contributed by atoms with Gasteiger partial charge in [0.2, 0.25) is 5.91 Å². The van der Waals surface area contributed by atoms with E-state index in [1.807, 2.05) is 25.7 Å². The highest BCUT2D eigenvalue weighted by Crippen LogP contribution is 2.15. The Bertz CT molecular complexity index is 298. The second kappa shape index (κ2) is 6.17. The fourth-order valence-corrected chi connectivity index (χ4v) is 2.12. The SMILES string of the molecule is CCNC(C)(C)C(=O)N1CC=C(COC)CC1. The molecule has 1 heterocycles. The number of methoxy groups -OCH3 is 1. The average molecular weight is 240 g/mol. The van der Waals surface area contributed by atoms with Crippen molar-refractivity contribution < 1.29 is 9.53 Å². The largest absolute Gasteiger partial charge is 0.380 e. The molecule has 0 aromatic rings. The molecule has 0 spiro atoms. The van der Waals surface area contributed by atoms with Gasteiger partial charge in [0.15, 0.2) is 0 Å². The van der Waals surface area contributed by atoms with Crippen molar-refractivity contribution in [3.63, 3.8) is 0 Å². The first kappa shape index (κ1) is 14.2. The first-order valence-electron chi connectivity index (χ1n) is 6.22. The fraction of sp³-hybridized carbons (Fsp3) is 0.769. The number of amides is 1. The summed E-state index contributed by atoms with van der Waals surface area (Å²) in [6, 6.07) is 0. The summed E-state index contributed by atoms with van der Waals surface area (Å²) in [6.45, 7) is 8.87. The summed E-state index contributed by atoms with van der Waals surface area (Å²) in [7, 11) is 1.70. The fourth-order valence-electron chi connectivity index (χ4n) is 2.12. The van der Waals surface area contributed by atoms with Crippen LogP contribution in [0.2, 0.25) is 0 Å². The lowest BCUT2D eigenvalue weighted by atomic mass is 10.0. The Morgan fingerprint density at radius 3 is 2.76 bits per heavy atom. The molecule has 1 aliphatic heterocycles. The zero-order valence-corrected chi connectivity index (χ0v) is 11.4. The number of hydrogen-bond donors (Lipinski definition) is 1. The minimum atomic E-state index is -0.471. The Kier molecular flexibility index (Phi) is 5.15. The smallest absolute Gasteiger partial charge is 0.242 e. The number of likely N-dealkylation sites (N-methyl/N-ethyl adjacent to an activating group) is 1. The Morgan fingerprint density at radius 2 is 2.29 bits per heavy atom. The highest BCUT2D eigenvalue weighted by atomic mass is 16.5. The summed E-state index contributed by atoms with van der Waals surface area (Å²) >= 11 is 0. The third-order valence-corrected chi connectivity index (χ3v) is 3.07. The molecule has 0 radical (unpaired) electrons. The van der Waals surface area contributed by atoms with Crippen molar-refractivity contribution in [1.29, 1.82) is 0 Å². The van der Waals surface area contributed by atoms with Crippen molar-refractivity contribution >= 4 is 5.91 Å². The summed E-state index contributed by atoms with van der Waals surface area (Å²) in [5.74, 6) is 0.173. The molecule has 1 rings (SSSR count). The van der Waals surface area contributed by atoms with Crippen LogP contribution >= 0.6 is 0 Å². The maximum atomic E-state index is 12.3. The first-order chi connectivity index (χ1) is 8.01. The van der Waals surface area contributed by atoms with Gasteiger partial charge in [-0.2, -0.15) is 0 Å². The third kappa shape index (κ3) is 3.82. The molecule has 0 aromatic heterocycles. The first-order valence-corrected chi connectivity index (χ1v) is 6.22. The molecule has 0 fully saturated rings. The van der Waals surface area contributed by atoms with Crippen molar-refractivity contribution in [2.75, 3.05) is 33.4 Å². The van der Waals surface area contributed by atoms with E-state index in [-0.39, 0.29) is 5.91 Å².